The number of nitrogens with zero attached hydrogens (tertiary/aromatic N) is 2. The molecule has 4 heteroatoms. The molecule has 0 aliphatic rings. The molecule has 0 spiro atoms. The summed E-state index contributed by atoms with van der Waals surface area (Å²) in [5.41, 5.74) is 2.69. The molecule has 21 heavy (non-hydrogen) atoms. The van der Waals surface area contributed by atoms with Crippen molar-refractivity contribution in [1.29, 1.82) is 0 Å². The fourth-order valence-electron chi connectivity index (χ4n) is 2.19. The van der Waals surface area contributed by atoms with Gasteiger partial charge in [-0.15, -0.1) is 0 Å². The molecule has 0 radical (unpaired) electrons. The van der Waals surface area contributed by atoms with Gasteiger partial charge in [0.25, 0.3) is 5.91 Å². The molecule has 0 saturated carbocycles. The summed E-state index contributed by atoms with van der Waals surface area (Å²) in [7, 11) is 3.38. The largest absolute Gasteiger partial charge is 0.386 e. The summed E-state index contributed by atoms with van der Waals surface area (Å²) in [5.74, 6) is -0.149. The zero-order valence-electron chi connectivity index (χ0n) is 12.6. The van der Waals surface area contributed by atoms with Crippen LogP contribution in [-0.2, 0) is 6.42 Å². The molecule has 1 unspecified atom stereocenters. The van der Waals surface area contributed by atoms with Crippen LogP contribution in [-0.4, -0.2) is 35.0 Å². The van der Waals surface area contributed by atoms with Gasteiger partial charge in [-0.3, -0.25) is 9.78 Å². The van der Waals surface area contributed by atoms with E-state index in [-0.39, 0.29) is 5.91 Å². The van der Waals surface area contributed by atoms with Gasteiger partial charge in [0.2, 0.25) is 0 Å². The van der Waals surface area contributed by atoms with Gasteiger partial charge in [-0.25, -0.2) is 0 Å². The average Bonchev–Trinajstić information content (AvgIpc) is 2.47. The van der Waals surface area contributed by atoms with E-state index in [1.165, 1.54) is 4.90 Å². The van der Waals surface area contributed by atoms with Crippen LogP contribution < -0.4 is 0 Å². The number of amides is 1. The molecule has 0 aliphatic heterocycles. The predicted molar refractivity (Wildman–Crippen MR) is 82.1 cm³/mol. The van der Waals surface area contributed by atoms with Crippen molar-refractivity contribution in [2.24, 2.45) is 0 Å². The van der Waals surface area contributed by atoms with E-state index in [0.717, 1.165) is 11.3 Å². The molecular weight excluding hydrogens is 264 g/mol. The van der Waals surface area contributed by atoms with Crippen LogP contribution in [0.25, 0.3) is 0 Å². The van der Waals surface area contributed by atoms with E-state index in [2.05, 4.69) is 4.98 Å². The molecule has 1 aromatic heterocycles. The number of carbonyl (C=O) groups is 1. The first-order chi connectivity index (χ1) is 9.99. The summed E-state index contributed by atoms with van der Waals surface area (Å²) in [6, 6.07) is 13.2. The Labute approximate surface area is 125 Å². The van der Waals surface area contributed by atoms with Gasteiger partial charge >= 0.3 is 0 Å². The second kappa shape index (κ2) is 6.50. The number of hydrogen-bond acceptors (Lipinski definition) is 3. The van der Waals surface area contributed by atoms with Crippen molar-refractivity contribution >= 4 is 5.91 Å². The Hall–Kier alpha value is -2.20. The first-order valence-corrected chi connectivity index (χ1v) is 6.90. The minimum Gasteiger partial charge on any atom is -0.386 e. The van der Waals surface area contributed by atoms with Gasteiger partial charge in [0, 0.05) is 26.2 Å². The Morgan fingerprint density at radius 2 is 1.86 bits per heavy atom. The predicted octanol–water partition coefficient (Wildman–Crippen LogP) is 2.37. The highest BCUT2D eigenvalue weighted by atomic mass is 16.3. The number of rotatable bonds is 4. The number of aryl methyl sites for hydroxylation is 1. The molecule has 1 heterocycles. The third kappa shape index (κ3) is 3.67. The lowest BCUT2D eigenvalue weighted by Crippen LogP contribution is -2.24. The zero-order chi connectivity index (χ0) is 15.4. The van der Waals surface area contributed by atoms with E-state index in [9.17, 15) is 9.90 Å². The van der Waals surface area contributed by atoms with Crippen molar-refractivity contribution in [3.05, 3.63) is 65.0 Å². The van der Waals surface area contributed by atoms with Crippen LogP contribution in [0.4, 0.5) is 0 Å². The molecule has 0 fully saturated rings. The van der Waals surface area contributed by atoms with Crippen LogP contribution >= 0.6 is 0 Å². The topological polar surface area (TPSA) is 53.4 Å². The van der Waals surface area contributed by atoms with Crippen LogP contribution in [0.3, 0.4) is 0 Å². The fraction of sp³-hybridized carbons (Fsp3) is 0.294. The highest BCUT2D eigenvalue weighted by Gasteiger charge is 2.20. The highest BCUT2D eigenvalue weighted by Crippen LogP contribution is 2.21. The van der Waals surface area contributed by atoms with Gasteiger partial charge in [-0.05, 0) is 24.6 Å². The smallest absolute Gasteiger partial charge is 0.255 e. The lowest BCUT2D eigenvalue weighted by Gasteiger charge is -2.17. The molecule has 4 nitrogen and oxygen atoms in total. The SMILES string of the molecule is Cc1ccc(C(=O)N(C)C)c(C(O)Cc2ccccc2)n1. The zero-order valence-corrected chi connectivity index (χ0v) is 12.6. The minimum absolute atomic E-state index is 0.149. The van der Waals surface area contributed by atoms with Gasteiger partial charge < -0.3 is 10.0 Å². The number of aliphatic hydroxyl groups is 1. The standard InChI is InChI=1S/C17H20N2O2/c1-12-9-10-14(17(21)19(2)3)16(18-12)15(20)11-13-7-5-4-6-8-13/h4-10,15,20H,11H2,1-3H3. The normalized spacial score (nSPS) is 12.0. The number of benzene rings is 1. The summed E-state index contributed by atoms with van der Waals surface area (Å²) < 4.78 is 0. The van der Waals surface area contributed by atoms with E-state index in [1.807, 2.05) is 37.3 Å². The molecule has 1 atom stereocenters. The molecule has 2 rings (SSSR count). The Bertz CT molecular complexity index is 624. The molecule has 0 aliphatic carbocycles. The van der Waals surface area contributed by atoms with Crippen LogP contribution in [0.2, 0.25) is 0 Å². The lowest BCUT2D eigenvalue weighted by atomic mass is 10.0. The number of hydrogen-bond donors (Lipinski definition) is 1. The molecule has 110 valence electrons. The maximum Gasteiger partial charge on any atom is 0.255 e. The molecule has 2 aromatic rings. The molecule has 1 aromatic carbocycles. The molecule has 0 saturated heterocycles. The Morgan fingerprint density at radius 1 is 1.19 bits per heavy atom. The highest BCUT2D eigenvalue weighted by molar-refractivity contribution is 5.95. The lowest BCUT2D eigenvalue weighted by molar-refractivity contribution is 0.0818. The van der Waals surface area contributed by atoms with E-state index < -0.39 is 6.10 Å². The van der Waals surface area contributed by atoms with Gasteiger partial charge in [0.15, 0.2) is 0 Å². The first-order valence-electron chi connectivity index (χ1n) is 6.90. The minimum atomic E-state index is -0.800. The second-order valence-electron chi connectivity index (χ2n) is 5.29. The number of aromatic nitrogens is 1. The monoisotopic (exact) mass is 284 g/mol. The van der Waals surface area contributed by atoms with Crippen LogP contribution in [0, 0.1) is 6.92 Å². The average molecular weight is 284 g/mol. The second-order valence-corrected chi connectivity index (χ2v) is 5.29. The van der Waals surface area contributed by atoms with E-state index in [4.69, 9.17) is 0 Å². The number of aliphatic hydroxyl groups excluding tert-OH is 1. The van der Waals surface area contributed by atoms with Crippen molar-refractivity contribution < 1.29 is 9.90 Å². The Morgan fingerprint density at radius 3 is 2.48 bits per heavy atom. The van der Waals surface area contributed by atoms with Crippen molar-refractivity contribution in [2.75, 3.05) is 14.1 Å². The van der Waals surface area contributed by atoms with Crippen LogP contribution in [0.1, 0.15) is 33.4 Å². The van der Waals surface area contributed by atoms with Gasteiger partial charge in [0.05, 0.1) is 11.3 Å². The number of pyridine rings is 1. The van der Waals surface area contributed by atoms with Crippen molar-refractivity contribution in [2.45, 2.75) is 19.4 Å². The third-order valence-electron chi connectivity index (χ3n) is 3.29. The summed E-state index contributed by atoms with van der Waals surface area (Å²) in [4.78, 5) is 18.1. The maximum atomic E-state index is 12.2. The van der Waals surface area contributed by atoms with Crippen molar-refractivity contribution in [3.63, 3.8) is 0 Å². The van der Waals surface area contributed by atoms with Crippen LogP contribution in [0.5, 0.6) is 0 Å². The molecule has 0 bridgehead atoms. The number of carbonyl (C=O) groups excluding carboxylic acids is 1. The molecule has 1 N–H and O–H groups in total. The third-order valence-corrected chi connectivity index (χ3v) is 3.29. The van der Waals surface area contributed by atoms with Crippen LogP contribution in [0.15, 0.2) is 42.5 Å². The summed E-state index contributed by atoms with van der Waals surface area (Å²) in [5, 5.41) is 10.5. The Kier molecular flexibility index (Phi) is 4.70. The van der Waals surface area contributed by atoms with Gasteiger partial charge in [0.1, 0.15) is 6.10 Å². The van der Waals surface area contributed by atoms with Crippen molar-refractivity contribution in [1.82, 2.24) is 9.88 Å². The van der Waals surface area contributed by atoms with E-state index in [1.54, 1.807) is 26.2 Å². The van der Waals surface area contributed by atoms with E-state index >= 15 is 0 Å². The summed E-state index contributed by atoms with van der Waals surface area (Å²) in [6.45, 7) is 1.85. The molecular formula is C17H20N2O2. The Balaban J connectivity index is 2.33. The van der Waals surface area contributed by atoms with Gasteiger partial charge in [-0.1, -0.05) is 30.3 Å². The van der Waals surface area contributed by atoms with E-state index in [0.29, 0.717) is 17.7 Å². The maximum absolute atomic E-state index is 12.2. The first kappa shape index (κ1) is 15.2. The quantitative estimate of drug-likeness (QED) is 0.937. The molecule has 1 amide bonds. The summed E-state index contributed by atoms with van der Waals surface area (Å²) >= 11 is 0. The van der Waals surface area contributed by atoms with Crippen molar-refractivity contribution in [3.8, 4) is 0 Å². The fourth-order valence-corrected chi connectivity index (χ4v) is 2.19. The van der Waals surface area contributed by atoms with Gasteiger partial charge in [-0.2, -0.15) is 0 Å². The summed E-state index contributed by atoms with van der Waals surface area (Å²) in [6.07, 6.45) is -0.364.